The third-order valence-corrected chi connectivity index (χ3v) is 3.88. The van der Waals surface area contributed by atoms with Crippen molar-refractivity contribution in [2.75, 3.05) is 5.73 Å². The number of carbonyl (C=O) groups excluding carboxylic acids is 1. The smallest absolute Gasteiger partial charge is 0.382 e. The molecule has 0 aromatic carbocycles. The van der Waals surface area contributed by atoms with Gasteiger partial charge in [0.1, 0.15) is 5.52 Å². The fourth-order valence-corrected chi connectivity index (χ4v) is 2.75. The second-order valence-corrected chi connectivity index (χ2v) is 5.42. The number of halogens is 3. The lowest BCUT2D eigenvalue weighted by Gasteiger charge is -2.10. The summed E-state index contributed by atoms with van der Waals surface area (Å²) < 4.78 is 39.6. The number of fused-ring (bicyclic) bond motifs is 1. The highest BCUT2D eigenvalue weighted by Crippen LogP contribution is 2.30. The molecule has 2 heterocycles. The number of nitrogen functional groups attached to an aromatic ring is 1. The Labute approximate surface area is 123 Å². The highest BCUT2D eigenvalue weighted by Gasteiger charge is 2.36. The van der Waals surface area contributed by atoms with E-state index >= 15 is 0 Å². The van der Waals surface area contributed by atoms with E-state index in [-0.39, 0.29) is 35.2 Å². The number of Topliss-reactive ketones (excluding diaryl/α,β-unsaturated/α-hetero) is 1. The predicted octanol–water partition coefficient (Wildman–Crippen LogP) is 2.19. The molecule has 2 aromatic rings. The molecule has 0 aliphatic heterocycles. The SMILES string of the molecule is Nc1nc(C(F)(F)F)nc2c1ncn2CC(=O)C1CCCC1. The molecule has 6 nitrogen and oxygen atoms in total. The van der Waals surface area contributed by atoms with E-state index in [0.717, 1.165) is 25.7 Å². The molecule has 0 bridgehead atoms. The van der Waals surface area contributed by atoms with Crippen LogP contribution in [-0.2, 0) is 17.5 Å². The summed E-state index contributed by atoms with van der Waals surface area (Å²) in [6, 6.07) is 0. The third kappa shape index (κ3) is 2.62. The first kappa shape index (κ1) is 14.7. The number of hydrogen-bond donors (Lipinski definition) is 1. The molecule has 118 valence electrons. The van der Waals surface area contributed by atoms with E-state index in [4.69, 9.17) is 5.73 Å². The molecule has 9 heteroatoms. The molecule has 0 atom stereocenters. The first-order valence-electron chi connectivity index (χ1n) is 6.94. The summed E-state index contributed by atoms with van der Waals surface area (Å²) in [6.07, 6.45) is 0.255. The average molecular weight is 313 g/mol. The van der Waals surface area contributed by atoms with Crippen molar-refractivity contribution >= 4 is 22.8 Å². The summed E-state index contributed by atoms with van der Waals surface area (Å²) >= 11 is 0. The minimum Gasteiger partial charge on any atom is -0.382 e. The van der Waals surface area contributed by atoms with Gasteiger partial charge in [-0.15, -0.1) is 0 Å². The van der Waals surface area contributed by atoms with Gasteiger partial charge in [0.15, 0.2) is 17.2 Å². The van der Waals surface area contributed by atoms with Crippen LogP contribution < -0.4 is 5.73 Å². The van der Waals surface area contributed by atoms with Crippen LogP contribution in [0.25, 0.3) is 11.2 Å². The van der Waals surface area contributed by atoms with Crippen molar-refractivity contribution in [2.24, 2.45) is 5.92 Å². The Morgan fingerprint density at radius 3 is 2.64 bits per heavy atom. The van der Waals surface area contributed by atoms with Crippen LogP contribution in [-0.4, -0.2) is 25.3 Å². The largest absolute Gasteiger partial charge is 0.451 e. The number of rotatable bonds is 3. The maximum Gasteiger partial charge on any atom is 0.451 e. The lowest BCUT2D eigenvalue weighted by atomic mass is 10.0. The van der Waals surface area contributed by atoms with E-state index in [9.17, 15) is 18.0 Å². The summed E-state index contributed by atoms with van der Waals surface area (Å²) in [4.78, 5) is 22.8. The zero-order valence-electron chi connectivity index (χ0n) is 11.6. The van der Waals surface area contributed by atoms with Gasteiger partial charge in [0, 0.05) is 5.92 Å². The summed E-state index contributed by atoms with van der Waals surface area (Å²) in [7, 11) is 0. The summed E-state index contributed by atoms with van der Waals surface area (Å²) in [6.45, 7) is -0.0467. The van der Waals surface area contributed by atoms with E-state index in [1.54, 1.807) is 0 Å². The van der Waals surface area contributed by atoms with Crippen molar-refractivity contribution in [1.29, 1.82) is 0 Å². The van der Waals surface area contributed by atoms with Gasteiger partial charge < -0.3 is 10.3 Å². The van der Waals surface area contributed by atoms with Gasteiger partial charge >= 0.3 is 6.18 Å². The Balaban J connectivity index is 1.96. The van der Waals surface area contributed by atoms with Crippen LogP contribution in [0.1, 0.15) is 31.5 Å². The molecule has 0 amide bonds. The van der Waals surface area contributed by atoms with Gasteiger partial charge in [0.05, 0.1) is 12.9 Å². The number of anilines is 1. The molecule has 1 fully saturated rings. The van der Waals surface area contributed by atoms with Gasteiger partial charge in [-0.05, 0) is 12.8 Å². The van der Waals surface area contributed by atoms with E-state index < -0.39 is 12.0 Å². The van der Waals surface area contributed by atoms with Crippen LogP contribution in [0, 0.1) is 5.92 Å². The molecule has 1 aliphatic carbocycles. The minimum absolute atomic E-state index is 0.0115. The molecule has 0 radical (unpaired) electrons. The number of nitrogens with two attached hydrogens (primary N) is 1. The Bertz CT molecular complexity index is 718. The Kier molecular flexibility index (Phi) is 3.50. The molecule has 2 N–H and O–H groups in total. The Morgan fingerprint density at radius 2 is 2.00 bits per heavy atom. The van der Waals surface area contributed by atoms with Gasteiger partial charge in [-0.2, -0.15) is 13.2 Å². The number of imidazole rings is 1. The standard InChI is InChI=1S/C13H14F3N5O/c14-13(15,16)12-19-10(17)9-11(20-12)21(6-18-9)5-8(22)7-3-1-2-4-7/h6-7H,1-5H2,(H2,17,19,20). The van der Waals surface area contributed by atoms with Crippen LogP contribution in [0.15, 0.2) is 6.33 Å². The first-order valence-corrected chi connectivity index (χ1v) is 6.94. The van der Waals surface area contributed by atoms with Crippen molar-refractivity contribution in [2.45, 2.75) is 38.4 Å². The quantitative estimate of drug-likeness (QED) is 0.938. The van der Waals surface area contributed by atoms with Crippen LogP contribution in [0.4, 0.5) is 19.0 Å². The first-order chi connectivity index (χ1) is 10.4. The van der Waals surface area contributed by atoms with Gasteiger partial charge in [0.25, 0.3) is 0 Å². The zero-order valence-corrected chi connectivity index (χ0v) is 11.6. The summed E-state index contributed by atoms with van der Waals surface area (Å²) in [5.41, 5.74) is 5.52. The van der Waals surface area contributed by atoms with E-state index in [1.807, 2.05) is 0 Å². The van der Waals surface area contributed by atoms with Crippen LogP contribution in [0.3, 0.4) is 0 Å². The van der Waals surface area contributed by atoms with Crippen LogP contribution >= 0.6 is 0 Å². The molecule has 22 heavy (non-hydrogen) atoms. The normalized spacial score (nSPS) is 16.5. The van der Waals surface area contributed by atoms with Crippen molar-refractivity contribution < 1.29 is 18.0 Å². The number of ketones is 1. The lowest BCUT2D eigenvalue weighted by Crippen LogP contribution is -2.18. The zero-order chi connectivity index (χ0) is 15.9. The Morgan fingerprint density at radius 1 is 1.32 bits per heavy atom. The number of aromatic nitrogens is 4. The summed E-state index contributed by atoms with van der Waals surface area (Å²) in [5, 5.41) is 0. The second-order valence-electron chi connectivity index (χ2n) is 5.42. The van der Waals surface area contributed by atoms with Crippen molar-refractivity contribution in [3.8, 4) is 0 Å². The minimum atomic E-state index is -4.70. The highest BCUT2D eigenvalue weighted by atomic mass is 19.4. The molecule has 2 aromatic heterocycles. The van der Waals surface area contributed by atoms with E-state index in [0.29, 0.717) is 0 Å². The fraction of sp³-hybridized carbons (Fsp3) is 0.538. The molecule has 0 spiro atoms. The molecule has 0 unspecified atom stereocenters. The van der Waals surface area contributed by atoms with Gasteiger partial charge in [-0.1, -0.05) is 12.8 Å². The third-order valence-electron chi connectivity index (χ3n) is 3.88. The molecule has 1 aliphatic rings. The van der Waals surface area contributed by atoms with Gasteiger partial charge in [-0.25, -0.2) is 15.0 Å². The van der Waals surface area contributed by atoms with Crippen molar-refractivity contribution in [1.82, 2.24) is 19.5 Å². The number of hydrogen-bond acceptors (Lipinski definition) is 5. The predicted molar refractivity (Wildman–Crippen MR) is 71.7 cm³/mol. The number of nitrogens with zero attached hydrogens (tertiary/aromatic N) is 4. The van der Waals surface area contributed by atoms with Crippen molar-refractivity contribution in [3.63, 3.8) is 0 Å². The maximum atomic E-state index is 12.8. The topological polar surface area (TPSA) is 86.7 Å². The molecular weight excluding hydrogens is 299 g/mol. The van der Waals surface area contributed by atoms with Crippen LogP contribution in [0.5, 0.6) is 0 Å². The summed E-state index contributed by atoms with van der Waals surface area (Å²) in [5.74, 6) is -1.71. The number of carbonyl (C=O) groups is 1. The fourth-order valence-electron chi connectivity index (χ4n) is 2.75. The number of alkyl halides is 3. The lowest BCUT2D eigenvalue weighted by molar-refractivity contribution is -0.144. The maximum absolute atomic E-state index is 12.8. The average Bonchev–Trinajstić information content (AvgIpc) is 3.07. The van der Waals surface area contributed by atoms with E-state index in [2.05, 4.69) is 15.0 Å². The van der Waals surface area contributed by atoms with E-state index in [1.165, 1.54) is 10.9 Å². The van der Waals surface area contributed by atoms with Gasteiger partial charge in [0.2, 0.25) is 5.82 Å². The monoisotopic (exact) mass is 313 g/mol. The molecule has 0 saturated heterocycles. The molecular formula is C13H14F3N5O. The van der Waals surface area contributed by atoms with Crippen LogP contribution in [0.2, 0.25) is 0 Å². The molecule has 1 saturated carbocycles. The van der Waals surface area contributed by atoms with Crippen molar-refractivity contribution in [3.05, 3.63) is 12.2 Å². The van der Waals surface area contributed by atoms with Gasteiger partial charge in [-0.3, -0.25) is 4.79 Å². The second kappa shape index (κ2) is 5.22. The Hall–Kier alpha value is -2.19. The highest BCUT2D eigenvalue weighted by molar-refractivity contribution is 5.85. The molecule has 3 rings (SSSR count).